The Hall–Kier alpha value is 0.420. The molecular formula is C22H48NO4PS. The third kappa shape index (κ3) is 24.6. The molecule has 0 amide bonds. The molecule has 1 atom stereocenters. The Kier molecular flexibility index (Phi) is 19.4. The maximum atomic E-state index is 10.4. The van der Waals surface area contributed by atoms with E-state index in [2.05, 4.69) is 31.2 Å². The van der Waals surface area contributed by atoms with Gasteiger partial charge in [-0.2, -0.15) is 12.6 Å². The van der Waals surface area contributed by atoms with Gasteiger partial charge in [-0.3, -0.25) is 4.57 Å². The largest absolute Gasteiger partial charge is 0.756 e. The second kappa shape index (κ2) is 19.1. The first-order chi connectivity index (χ1) is 13.8. The molecule has 0 fully saturated rings. The molecule has 0 radical (unpaired) electrons. The van der Waals surface area contributed by atoms with Crippen LogP contribution in [0.5, 0.6) is 0 Å². The SMILES string of the molecule is C[N+](C)(CCCCCCCCCCS)CCCCCCCCCCOP(=O)([O-])O. The van der Waals surface area contributed by atoms with E-state index in [1.54, 1.807) is 0 Å². The summed E-state index contributed by atoms with van der Waals surface area (Å²) in [5, 5.41) is 0. The van der Waals surface area contributed by atoms with Crippen molar-refractivity contribution < 1.29 is 23.4 Å². The van der Waals surface area contributed by atoms with Crippen LogP contribution in [0.2, 0.25) is 0 Å². The van der Waals surface area contributed by atoms with Crippen molar-refractivity contribution in [3.8, 4) is 0 Å². The van der Waals surface area contributed by atoms with E-state index in [1.165, 1.54) is 96.6 Å². The summed E-state index contributed by atoms with van der Waals surface area (Å²) < 4.78 is 15.9. The van der Waals surface area contributed by atoms with Crippen molar-refractivity contribution in [1.29, 1.82) is 0 Å². The molecule has 5 nitrogen and oxygen atoms in total. The Morgan fingerprint density at radius 2 is 1.07 bits per heavy atom. The van der Waals surface area contributed by atoms with Gasteiger partial charge in [-0.05, 0) is 44.3 Å². The van der Waals surface area contributed by atoms with Crippen LogP contribution in [0.4, 0.5) is 0 Å². The molecule has 0 spiro atoms. The van der Waals surface area contributed by atoms with Gasteiger partial charge in [-0.25, -0.2) is 0 Å². The zero-order valence-corrected chi connectivity index (χ0v) is 20.9. The fourth-order valence-corrected chi connectivity index (χ4v) is 4.29. The molecule has 176 valence electrons. The fourth-order valence-electron chi connectivity index (χ4n) is 3.71. The molecule has 0 saturated heterocycles. The summed E-state index contributed by atoms with van der Waals surface area (Å²) in [6.07, 6.45) is 20.0. The Morgan fingerprint density at radius 3 is 1.45 bits per heavy atom. The number of quaternary nitrogens is 1. The first-order valence-electron chi connectivity index (χ1n) is 11.9. The molecule has 0 aromatic rings. The third-order valence-corrected chi connectivity index (χ3v) is 6.41. The van der Waals surface area contributed by atoms with Crippen molar-refractivity contribution in [3.63, 3.8) is 0 Å². The van der Waals surface area contributed by atoms with Crippen LogP contribution >= 0.6 is 20.5 Å². The molecule has 0 aliphatic carbocycles. The minimum absolute atomic E-state index is 0.0979. The van der Waals surface area contributed by atoms with Crippen molar-refractivity contribution in [2.24, 2.45) is 0 Å². The van der Waals surface area contributed by atoms with Crippen LogP contribution in [0, 0.1) is 0 Å². The number of unbranched alkanes of at least 4 members (excludes halogenated alkanes) is 14. The van der Waals surface area contributed by atoms with Gasteiger partial charge in [-0.1, -0.05) is 64.2 Å². The molecular weight excluding hydrogens is 405 g/mol. The van der Waals surface area contributed by atoms with Gasteiger partial charge in [-0.15, -0.1) is 0 Å². The topological polar surface area (TPSA) is 69.6 Å². The summed E-state index contributed by atoms with van der Waals surface area (Å²) >= 11 is 4.26. The summed E-state index contributed by atoms with van der Waals surface area (Å²) in [6, 6.07) is 0. The van der Waals surface area contributed by atoms with E-state index in [-0.39, 0.29) is 6.61 Å². The number of phosphoric acid groups is 1. The number of hydrogen-bond donors (Lipinski definition) is 2. The van der Waals surface area contributed by atoms with Crippen LogP contribution < -0.4 is 4.89 Å². The average molecular weight is 454 g/mol. The van der Waals surface area contributed by atoms with Crippen LogP contribution in [0.15, 0.2) is 0 Å². The van der Waals surface area contributed by atoms with Crippen molar-refractivity contribution in [3.05, 3.63) is 0 Å². The maximum absolute atomic E-state index is 10.4. The molecule has 1 unspecified atom stereocenters. The number of thiol groups is 1. The normalized spacial score (nSPS) is 14.2. The van der Waals surface area contributed by atoms with Crippen LogP contribution in [-0.4, -0.2) is 48.9 Å². The summed E-state index contributed by atoms with van der Waals surface area (Å²) in [6.45, 7) is 2.67. The molecule has 0 aromatic carbocycles. The number of hydrogen-bond acceptors (Lipinski definition) is 4. The average Bonchev–Trinajstić information content (AvgIpc) is 2.64. The number of rotatable bonds is 22. The van der Waals surface area contributed by atoms with Crippen molar-refractivity contribution in [1.82, 2.24) is 0 Å². The summed E-state index contributed by atoms with van der Waals surface area (Å²) in [5.74, 6) is 1.03. The second-order valence-electron chi connectivity index (χ2n) is 9.07. The van der Waals surface area contributed by atoms with Crippen molar-refractivity contribution in [2.75, 3.05) is 39.5 Å². The first-order valence-corrected chi connectivity index (χ1v) is 14.0. The third-order valence-electron chi connectivity index (χ3n) is 5.58. The zero-order valence-electron chi connectivity index (χ0n) is 19.2. The van der Waals surface area contributed by atoms with E-state index in [4.69, 9.17) is 4.89 Å². The maximum Gasteiger partial charge on any atom is 0.265 e. The lowest BCUT2D eigenvalue weighted by Crippen LogP contribution is -2.41. The van der Waals surface area contributed by atoms with Crippen LogP contribution in [-0.2, 0) is 9.09 Å². The standard InChI is InChI=1S/C22H48NO4PS/c1-23(2,20-16-12-8-4-6-10-14-18-22-29)19-15-11-7-3-5-9-13-17-21-27-28(24,25)26/h3-22H2,1-2H3,(H2-,24,25,26,29). The summed E-state index contributed by atoms with van der Waals surface area (Å²) in [7, 11) is 0.210. The van der Waals surface area contributed by atoms with Gasteiger partial charge in [0.1, 0.15) is 0 Å². The van der Waals surface area contributed by atoms with E-state index >= 15 is 0 Å². The van der Waals surface area contributed by atoms with Gasteiger partial charge in [0.15, 0.2) is 0 Å². The highest BCUT2D eigenvalue weighted by atomic mass is 32.1. The van der Waals surface area contributed by atoms with E-state index in [9.17, 15) is 9.46 Å². The molecule has 0 aliphatic heterocycles. The second-order valence-corrected chi connectivity index (χ2v) is 10.7. The molecule has 1 N–H and O–H groups in total. The van der Waals surface area contributed by atoms with E-state index < -0.39 is 7.82 Å². The highest BCUT2D eigenvalue weighted by molar-refractivity contribution is 7.80. The lowest BCUT2D eigenvalue weighted by Gasteiger charge is -2.30. The van der Waals surface area contributed by atoms with Gasteiger partial charge in [0, 0.05) is 0 Å². The summed E-state index contributed by atoms with van der Waals surface area (Å²) in [4.78, 5) is 18.9. The molecule has 0 saturated carbocycles. The van der Waals surface area contributed by atoms with Crippen molar-refractivity contribution in [2.45, 2.75) is 103 Å². The minimum Gasteiger partial charge on any atom is -0.756 e. The smallest absolute Gasteiger partial charge is 0.265 e. The highest BCUT2D eigenvalue weighted by Gasteiger charge is 2.13. The zero-order chi connectivity index (χ0) is 21.8. The van der Waals surface area contributed by atoms with Gasteiger partial charge in [0.25, 0.3) is 7.82 Å². The monoisotopic (exact) mass is 453 g/mol. The van der Waals surface area contributed by atoms with E-state index in [0.717, 1.165) is 23.1 Å². The predicted octanol–water partition coefficient (Wildman–Crippen LogP) is 5.71. The first kappa shape index (κ1) is 29.4. The van der Waals surface area contributed by atoms with Crippen LogP contribution in [0.25, 0.3) is 0 Å². The lowest BCUT2D eigenvalue weighted by molar-refractivity contribution is -0.890. The highest BCUT2D eigenvalue weighted by Crippen LogP contribution is 2.30. The molecule has 7 heteroatoms. The molecule has 0 aliphatic rings. The van der Waals surface area contributed by atoms with Gasteiger partial charge in [0.2, 0.25) is 0 Å². The molecule has 0 rings (SSSR count). The van der Waals surface area contributed by atoms with E-state index in [0.29, 0.717) is 6.42 Å². The molecule has 0 heterocycles. The van der Waals surface area contributed by atoms with Crippen molar-refractivity contribution >= 4 is 20.5 Å². The van der Waals surface area contributed by atoms with Gasteiger partial charge >= 0.3 is 0 Å². The molecule has 0 aromatic heterocycles. The van der Waals surface area contributed by atoms with Crippen LogP contribution in [0.3, 0.4) is 0 Å². The molecule has 29 heavy (non-hydrogen) atoms. The minimum atomic E-state index is -4.52. The Labute approximate surface area is 186 Å². The van der Waals surface area contributed by atoms with Gasteiger partial charge < -0.3 is 18.8 Å². The summed E-state index contributed by atoms with van der Waals surface area (Å²) in [5.41, 5.74) is 0. The quantitative estimate of drug-likeness (QED) is 0.0953. The van der Waals surface area contributed by atoms with Crippen LogP contribution in [0.1, 0.15) is 103 Å². The van der Waals surface area contributed by atoms with Gasteiger partial charge in [0.05, 0.1) is 33.8 Å². The van der Waals surface area contributed by atoms with E-state index in [1.807, 2.05) is 0 Å². The Morgan fingerprint density at radius 1 is 0.724 bits per heavy atom. The number of nitrogens with zero attached hydrogens (tertiary/aromatic N) is 1. The fraction of sp³-hybridized carbons (Fsp3) is 1.00. The molecule has 0 bridgehead atoms. The predicted molar refractivity (Wildman–Crippen MR) is 125 cm³/mol. The number of phosphoric ester groups is 1. The Bertz CT molecular complexity index is 404. The lowest BCUT2D eigenvalue weighted by atomic mass is 10.1. The Balaban J connectivity index is 3.36.